The lowest BCUT2D eigenvalue weighted by atomic mass is 9.70. The molecule has 0 aromatic heterocycles. The SMILES string of the molecule is CCCNC1c2ccccc2CCC1(C)C. The van der Waals surface area contributed by atoms with Gasteiger partial charge in [-0.2, -0.15) is 0 Å². The van der Waals surface area contributed by atoms with Gasteiger partial charge in [-0.05, 0) is 42.3 Å². The molecule has 0 bridgehead atoms. The number of hydrogen-bond donors (Lipinski definition) is 1. The molecule has 1 aliphatic carbocycles. The van der Waals surface area contributed by atoms with E-state index in [1.807, 2.05) is 0 Å². The van der Waals surface area contributed by atoms with Crippen LogP contribution in [0.25, 0.3) is 0 Å². The van der Waals surface area contributed by atoms with E-state index in [9.17, 15) is 0 Å². The maximum Gasteiger partial charge on any atom is 0.0374 e. The molecule has 1 unspecified atom stereocenters. The Bertz CT molecular complexity index is 354. The van der Waals surface area contributed by atoms with Crippen LogP contribution in [0.1, 0.15) is 50.8 Å². The second-order valence-electron chi connectivity index (χ2n) is 5.57. The van der Waals surface area contributed by atoms with Crippen LogP contribution < -0.4 is 5.32 Å². The topological polar surface area (TPSA) is 12.0 Å². The summed E-state index contributed by atoms with van der Waals surface area (Å²) in [6, 6.07) is 9.43. The Morgan fingerprint density at radius 3 is 2.81 bits per heavy atom. The minimum atomic E-state index is 0.378. The molecule has 2 rings (SSSR count). The number of nitrogens with one attached hydrogen (secondary N) is 1. The van der Waals surface area contributed by atoms with E-state index in [-0.39, 0.29) is 0 Å². The summed E-state index contributed by atoms with van der Waals surface area (Å²) < 4.78 is 0. The van der Waals surface area contributed by atoms with Gasteiger partial charge < -0.3 is 5.32 Å². The summed E-state index contributed by atoms with van der Waals surface area (Å²) in [4.78, 5) is 0. The Hall–Kier alpha value is -0.820. The third-order valence-electron chi connectivity index (χ3n) is 3.78. The first-order valence-corrected chi connectivity index (χ1v) is 6.46. The Morgan fingerprint density at radius 2 is 2.06 bits per heavy atom. The van der Waals surface area contributed by atoms with E-state index in [1.54, 1.807) is 0 Å². The fraction of sp³-hybridized carbons (Fsp3) is 0.600. The number of rotatable bonds is 3. The highest BCUT2D eigenvalue weighted by Gasteiger charge is 2.34. The van der Waals surface area contributed by atoms with E-state index < -0.39 is 0 Å². The van der Waals surface area contributed by atoms with E-state index in [4.69, 9.17) is 0 Å². The summed E-state index contributed by atoms with van der Waals surface area (Å²) in [5.41, 5.74) is 3.44. The second-order valence-corrected chi connectivity index (χ2v) is 5.57. The molecular formula is C15H23N. The largest absolute Gasteiger partial charge is 0.309 e. The van der Waals surface area contributed by atoms with E-state index >= 15 is 0 Å². The van der Waals surface area contributed by atoms with Crippen LogP contribution in [0.4, 0.5) is 0 Å². The second kappa shape index (κ2) is 4.58. The van der Waals surface area contributed by atoms with E-state index in [0.29, 0.717) is 11.5 Å². The first-order chi connectivity index (χ1) is 7.65. The van der Waals surface area contributed by atoms with Gasteiger partial charge in [0.25, 0.3) is 0 Å². The Kier molecular flexibility index (Phi) is 3.34. The molecule has 1 aromatic carbocycles. The first kappa shape index (κ1) is 11.7. The van der Waals surface area contributed by atoms with Crippen LogP contribution in [-0.2, 0) is 6.42 Å². The zero-order chi connectivity index (χ0) is 11.6. The van der Waals surface area contributed by atoms with Crippen LogP contribution >= 0.6 is 0 Å². The van der Waals surface area contributed by atoms with Crippen molar-refractivity contribution in [3.05, 3.63) is 35.4 Å². The van der Waals surface area contributed by atoms with Crippen molar-refractivity contribution < 1.29 is 0 Å². The summed E-state index contributed by atoms with van der Waals surface area (Å²) in [6.07, 6.45) is 3.72. The third kappa shape index (κ3) is 2.15. The van der Waals surface area contributed by atoms with Crippen molar-refractivity contribution >= 4 is 0 Å². The van der Waals surface area contributed by atoms with Gasteiger partial charge in [0.15, 0.2) is 0 Å². The zero-order valence-electron chi connectivity index (χ0n) is 10.7. The summed E-state index contributed by atoms with van der Waals surface area (Å²) in [7, 11) is 0. The van der Waals surface area contributed by atoms with Crippen molar-refractivity contribution in [1.82, 2.24) is 5.32 Å². The molecule has 0 spiro atoms. The molecule has 0 amide bonds. The van der Waals surface area contributed by atoms with Crippen molar-refractivity contribution in [2.24, 2.45) is 5.41 Å². The minimum Gasteiger partial charge on any atom is -0.309 e. The lowest BCUT2D eigenvalue weighted by molar-refractivity contribution is 0.210. The molecule has 0 saturated carbocycles. The molecule has 0 aliphatic heterocycles. The van der Waals surface area contributed by atoms with Crippen LogP contribution in [0.2, 0.25) is 0 Å². The van der Waals surface area contributed by atoms with Crippen LogP contribution in [0.15, 0.2) is 24.3 Å². The Labute approximate surface area is 99.3 Å². The fourth-order valence-electron chi connectivity index (χ4n) is 2.74. The molecule has 1 nitrogen and oxygen atoms in total. The minimum absolute atomic E-state index is 0.378. The molecule has 0 fully saturated rings. The highest BCUT2D eigenvalue weighted by molar-refractivity contribution is 5.34. The van der Waals surface area contributed by atoms with Gasteiger partial charge in [0, 0.05) is 6.04 Å². The van der Waals surface area contributed by atoms with Crippen molar-refractivity contribution in [3.63, 3.8) is 0 Å². The van der Waals surface area contributed by atoms with Gasteiger partial charge in [0.2, 0.25) is 0 Å². The van der Waals surface area contributed by atoms with Gasteiger partial charge >= 0.3 is 0 Å². The number of hydrogen-bond acceptors (Lipinski definition) is 1. The Balaban J connectivity index is 2.30. The van der Waals surface area contributed by atoms with Crippen molar-refractivity contribution in [3.8, 4) is 0 Å². The molecule has 0 radical (unpaired) electrons. The molecule has 88 valence electrons. The number of benzene rings is 1. The molecule has 0 saturated heterocycles. The summed E-state index contributed by atoms with van der Waals surface area (Å²) in [5, 5.41) is 3.72. The molecule has 1 heteroatoms. The van der Waals surface area contributed by atoms with Gasteiger partial charge in [-0.15, -0.1) is 0 Å². The van der Waals surface area contributed by atoms with Crippen LogP contribution in [0.3, 0.4) is 0 Å². The highest BCUT2D eigenvalue weighted by atomic mass is 14.9. The van der Waals surface area contributed by atoms with E-state index in [2.05, 4.69) is 50.4 Å². The normalized spacial score (nSPS) is 22.8. The average molecular weight is 217 g/mol. The lowest BCUT2D eigenvalue weighted by Crippen LogP contribution is -2.38. The van der Waals surface area contributed by atoms with Gasteiger partial charge in [-0.25, -0.2) is 0 Å². The summed E-state index contributed by atoms with van der Waals surface area (Å²) in [6.45, 7) is 8.11. The molecule has 1 aliphatic rings. The van der Waals surface area contributed by atoms with Crippen molar-refractivity contribution in [2.45, 2.75) is 46.1 Å². The lowest BCUT2D eigenvalue weighted by Gasteiger charge is -2.40. The number of fused-ring (bicyclic) bond motifs is 1. The fourth-order valence-corrected chi connectivity index (χ4v) is 2.74. The molecule has 1 aromatic rings. The van der Waals surface area contributed by atoms with E-state index in [1.165, 1.54) is 30.4 Å². The maximum absolute atomic E-state index is 3.72. The van der Waals surface area contributed by atoms with Crippen molar-refractivity contribution in [2.75, 3.05) is 6.54 Å². The predicted octanol–water partition coefficient (Wildman–Crippen LogP) is 3.70. The van der Waals surface area contributed by atoms with E-state index in [0.717, 1.165) is 6.54 Å². The maximum atomic E-state index is 3.72. The average Bonchev–Trinajstić information content (AvgIpc) is 2.27. The molecular weight excluding hydrogens is 194 g/mol. The molecule has 1 atom stereocenters. The quantitative estimate of drug-likeness (QED) is 0.814. The monoisotopic (exact) mass is 217 g/mol. The van der Waals surface area contributed by atoms with Crippen LogP contribution in [-0.4, -0.2) is 6.54 Å². The first-order valence-electron chi connectivity index (χ1n) is 6.46. The van der Waals surface area contributed by atoms with Gasteiger partial charge in [0.1, 0.15) is 0 Å². The predicted molar refractivity (Wildman–Crippen MR) is 69.6 cm³/mol. The third-order valence-corrected chi connectivity index (χ3v) is 3.78. The van der Waals surface area contributed by atoms with Gasteiger partial charge in [-0.3, -0.25) is 0 Å². The van der Waals surface area contributed by atoms with Gasteiger partial charge in [-0.1, -0.05) is 45.0 Å². The smallest absolute Gasteiger partial charge is 0.0374 e. The van der Waals surface area contributed by atoms with Crippen LogP contribution in [0, 0.1) is 5.41 Å². The molecule has 16 heavy (non-hydrogen) atoms. The Morgan fingerprint density at radius 1 is 1.31 bits per heavy atom. The van der Waals surface area contributed by atoms with Crippen LogP contribution in [0.5, 0.6) is 0 Å². The zero-order valence-corrected chi connectivity index (χ0v) is 10.7. The molecule has 0 heterocycles. The highest BCUT2D eigenvalue weighted by Crippen LogP contribution is 2.43. The number of aryl methyl sites for hydroxylation is 1. The summed E-state index contributed by atoms with van der Waals surface area (Å²) in [5.74, 6) is 0. The standard InChI is InChI=1S/C15H23N/c1-4-11-16-14-13-8-6-5-7-12(13)9-10-15(14,2)3/h5-8,14,16H,4,9-11H2,1-3H3. The summed E-state index contributed by atoms with van der Waals surface area (Å²) >= 11 is 0. The molecule has 1 N–H and O–H groups in total. The van der Waals surface area contributed by atoms with Gasteiger partial charge in [0.05, 0.1) is 0 Å². The van der Waals surface area contributed by atoms with Crippen molar-refractivity contribution in [1.29, 1.82) is 0 Å².